The monoisotopic (exact) mass is 331 g/mol. The van der Waals surface area contributed by atoms with Crippen molar-refractivity contribution in [2.24, 2.45) is 11.8 Å². The molecule has 0 bridgehead atoms. The first-order valence-electron chi connectivity index (χ1n) is 8.04. The molecule has 5 heteroatoms. The van der Waals surface area contributed by atoms with Crippen LogP contribution in [0.5, 0.6) is 0 Å². The lowest BCUT2D eigenvalue weighted by atomic mass is 9.85. The Balaban J connectivity index is 1.57. The molecule has 1 aromatic carbocycles. The minimum absolute atomic E-state index is 0.0768. The number of hydrogen-bond donors (Lipinski definition) is 0. The Morgan fingerprint density at radius 3 is 2.83 bits per heavy atom. The number of imide groups is 1. The number of halogens is 1. The first kappa shape index (κ1) is 14.9. The topological polar surface area (TPSA) is 46.6 Å². The zero-order chi connectivity index (χ0) is 16.0. The molecule has 1 aromatic rings. The van der Waals surface area contributed by atoms with Gasteiger partial charge in [0.1, 0.15) is 6.10 Å². The molecular weight excluding hydrogens is 314 g/mol. The zero-order valence-corrected chi connectivity index (χ0v) is 13.5. The van der Waals surface area contributed by atoms with Gasteiger partial charge in [0.05, 0.1) is 25.0 Å². The van der Waals surface area contributed by atoms with Crippen LogP contribution in [0.1, 0.15) is 30.1 Å². The van der Waals surface area contributed by atoms with Gasteiger partial charge in [0, 0.05) is 5.03 Å². The van der Waals surface area contributed by atoms with E-state index in [1.807, 2.05) is 24.3 Å². The number of amides is 2. The lowest BCUT2D eigenvalue weighted by Gasteiger charge is -2.29. The van der Waals surface area contributed by atoms with Crippen molar-refractivity contribution in [2.45, 2.75) is 25.4 Å². The van der Waals surface area contributed by atoms with Gasteiger partial charge < -0.3 is 4.74 Å². The molecule has 0 unspecified atom stereocenters. The fourth-order valence-corrected chi connectivity index (χ4v) is 4.13. The molecule has 0 radical (unpaired) electrons. The lowest BCUT2D eigenvalue weighted by Crippen LogP contribution is -2.37. The van der Waals surface area contributed by atoms with Crippen LogP contribution in [0.15, 0.2) is 35.4 Å². The van der Waals surface area contributed by atoms with E-state index in [-0.39, 0.29) is 29.8 Å². The fraction of sp³-hybridized carbons (Fsp3) is 0.444. The van der Waals surface area contributed by atoms with Gasteiger partial charge in [-0.25, -0.2) is 0 Å². The maximum atomic E-state index is 12.6. The number of benzene rings is 1. The summed E-state index contributed by atoms with van der Waals surface area (Å²) in [7, 11) is 0. The average Bonchev–Trinajstić information content (AvgIpc) is 2.80. The molecule has 1 fully saturated rings. The first-order valence-corrected chi connectivity index (χ1v) is 8.42. The summed E-state index contributed by atoms with van der Waals surface area (Å²) in [5.41, 5.74) is 2.33. The molecule has 23 heavy (non-hydrogen) atoms. The third kappa shape index (κ3) is 2.50. The van der Waals surface area contributed by atoms with Gasteiger partial charge in [-0.3, -0.25) is 14.5 Å². The van der Waals surface area contributed by atoms with Crippen LogP contribution in [-0.2, 0) is 20.7 Å². The molecule has 120 valence electrons. The normalized spacial score (nSPS) is 30.0. The van der Waals surface area contributed by atoms with Crippen molar-refractivity contribution in [3.8, 4) is 0 Å². The maximum absolute atomic E-state index is 12.6. The summed E-state index contributed by atoms with van der Waals surface area (Å²) in [6.45, 7) is 0.928. The van der Waals surface area contributed by atoms with Crippen LogP contribution in [0.3, 0.4) is 0 Å². The minimum atomic E-state index is -0.293. The van der Waals surface area contributed by atoms with E-state index in [9.17, 15) is 9.59 Å². The third-order valence-corrected chi connectivity index (χ3v) is 5.41. The van der Waals surface area contributed by atoms with E-state index in [0.717, 1.165) is 12.0 Å². The number of rotatable bonds is 2. The molecule has 0 saturated carbocycles. The lowest BCUT2D eigenvalue weighted by molar-refractivity contribution is -0.142. The Hall–Kier alpha value is -1.65. The second-order valence-electron chi connectivity index (χ2n) is 6.40. The standard InChI is InChI=1S/C18H18ClNO3/c19-12-5-6-14-15(9-12)18(22)20(17(14)21)10-16-13-4-2-1-3-11(13)7-8-23-16/h1-5,14-16H,6-10H2/t14-,15-,16+/m0/s1. The van der Waals surface area contributed by atoms with Crippen molar-refractivity contribution in [3.63, 3.8) is 0 Å². The number of carbonyl (C=O) groups excluding carboxylic acids is 2. The fourth-order valence-electron chi connectivity index (χ4n) is 3.87. The van der Waals surface area contributed by atoms with E-state index in [2.05, 4.69) is 6.07 Å². The summed E-state index contributed by atoms with van der Waals surface area (Å²) >= 11 is 6.06. The van der Waals surface area contributed by atoms with E-state index in [0.29, 0.717) is 31.0 Å². The summed E-state index contributed by atoms with van der Waals surface area (Å²) < 4.78 is 5.85. The summed E-state index contributed by atoms with van der Waals surface area (Å²) in [5.74, 6) is -0.715. The number of carbonyl (C=O) groups is 2. The van der Waals surface area contributed by atoms with E-state index in [1.54, 1.807) is 0 Å². The zero-order valence-electron chi connectivity index (χ0n) is 12.7. The van der Waals surface area contributed by atoms with Gasteiger partial charge in [-0.2, -0.15) is 0 Å². The van der Waals surface area contributed by atoms with Gasteiger partial charge in [0.25, 0.3) is 0 Å². The second-order valence-corrected chi connectivity index (χ2v) is 6.88. The highest BCUT2D eigenvalue weighted by Gasteiger charge is 2.49. The van der Waals surface area contributed by atoms with Crippen LogP contribution < -0.4 is 0 Å². The van der Waals surface area contributed by atoms with E-state index in [4.69, 9.17) is 16.3 Å². The number of nitrogens with zero attached hydrogens (tertiary/aromatic N) is 1. The highest BCUT2D eigenvalue weighted by Crippen LogP contribution is 2.40. The Bertz CT molecular complexity index is 699. The second kappa shape index (κ2) is 5.77. The molecule has 0 aromatic heterocycles. The predicted molar refractivity (Wildman–Crippen MR) is 85.7 cm³/mol. The molecule has 2 heterocycles. The molecule has 3 aliphatic rings. The highest BCUT2D eigenvalue weighted by atomic mass is 35.5. The Morgan fingerprint density at radius 2 is 1.96 bits per heavy atom. The SMILES string of the molecule is O=C1[C@H]2CC=C(Cl)C[C@@H]2C(=O)N1C[C@H]1OCCc2ccccc21. The van der Waals surface area contributed by atoms with Crippen molar-refractivity contribution in [1.29, 1.82) is 0 Å². The van der Waals surface area contributed by atoms with E-state index < -0.39 is 0 Å². The van der Waals surface area contributed by atoms with E-state index in [1.165, 1.54) is 10.5 Å². The molecule has 3 atom stereocenters. The predicted octanol–water partition coefficient (Wildman–Crippen LogP) is 2.82. The molecule has 4 nitrogen and oxygen atoms in total. The van der Waals surface area contributed by atoms with Gasteiger partial charge >= 0.3 is 0 Å². The van der Waals surface area contributed by atoms with Crippen LogP contribution in [0.4, 0.5) is 0 Å². The minimum Gasteiger partial charge on any atom is -0.371 e. The Labute approximate surface area is 140 Å². The molecular formula is C18H18ClNO3. The summed E-state index contributed by atoms with van der Waals surface area (Å²) in [5, 5.41) is 0.688. The summed E-state index contributed by atoms with van der Waals surface area (Å²) in [6.07, 6.45) is 3.56. The molecule has 2 amide bonds. The number of fused-ring (bicyclic) bond motifs is 2. The third-order valence-electron chi connectivity index (χ3n) is 5.10. The molecule has 2 aliphatic heterocycles. The molecule has 0 spiro atoms. The van der Waals surface area contributed by atoms with Crippen LogP contribution in [0.2, 0.25) is 0 Å². The van der Waals surface area contributed by atoms with Gasteiger partial charge in [-0.05, 0) is 30.4 Å². The van der Waals surface area contributed by atoms with Crippen molar-refractivity contribution in [1.82, 2.24) is 4.90 Å². The quantitative estimate of drug-likeness (QED) is 0.783. The number of likely N-dealkylation sites (tertiary alicyclic amines) is 1. The molecule has 4 rings (SSSR count). The summed E-state index contributed by atoms with van der Waals surface area (Å²) in [4.78, 5) is 26.7. The number of allylic oxidation sites excluding steroid dienone is 2. The van der Waals surface area contributed by atoms with Crippen LogP contribution in [-0.4, -0.2) is 29.9 Å². The van der Waals surface area contributed by atoms with Crippen LogP contribution >= 0.6 is 11.6 Å². The number of ether oxygens (including phenoxy) is 1. The Kier molecular flexibility index (Phi) is 3.74. The van der Waals surface area contributed by atoms with Gasteiger partial charge in [-0.1, -0.05) is 41.9 Å². The first-order chi connectivity index (χ1) is 11.1. The van der Waals surface area contributed by atoms with E-state index >= 15 is 0 Å². The molecule has 0 N–H and O–H groups in total. The highest BCUT2D eigenvalue weighted by molar-refractivity contribution is 6.30. The molecule has 1 saturated heterocycles. The molecule has 1 aliphatic carbocycles. The maximum Gasteiger partial charge on any atom is 0.233 e. The average molecular weight is 332 g/mol. The number of hydrogen-bond acceptors (Lipinski definition) is 3. The van der Waals surface area contributed by atoms with Gasteiger partial charge in [0.15, 0.2) is 0 Å². The van der Waals surface area contributed by atoms with Crippen molar-refractivity contribution in [3.05, 3.63) is 46.5 Å². The smallest absolute Gasteiger partial charge is 0.233 e. The van der Waals surface area contributed by atoms with Crippen LogP contribution in [0.25, 0.3) is 0 Å². The van der Waals surface area contributed by atoms with Crippen molar-refractivity contribution < 1.29 is 14.3 Å². The van der Waals surface area contributed by atoms with Crippen molar-refractivity contribution in [2.75, 3.05) is 13.2 Å². The summed E-state index contributed by atoms with van der Waals surface area (Å²) in [6, 6.07) is 8.09. The Morgan fingerprint density at radius 1 is 1.17 bits per heavy atom. The van der Waals surface area contributed by atoms with Gasteiger partial charge in [-0.15, -0.1) is 0 Å². The largest absolute Gasteiger partial charge is 0.371 e. The van der Waals surface area contributed by atoms with Crippen molar-refractivity contribution >= 4 is 23.4 Å². The van der Waals surface area contributed by atoms with Gasteiger partial charge in [0.2, 0.25) is 11.8 Å². The van der Waals surface area contributed by atoms with Crippen LogP contribution in [0, 0.1) is 11.8 Å².